The number of anilines is 2. The summed E-state index contributed by atoms with van der Waals surface area (Å²) in [7, 11) is 2.95. The Labute approximate surface area is 167 Å². The summed E-state index contributed by atoms with van der Waals surface area (Å²) in [5.74, 6) is 0.643. The van der Waals surface area contributed by atoms with E-state index in [2.05, 4.69) is 10.6 Å². The molecule has 7 nitrogen and oxygen atoms in total. The Balaban J connectivity index is 1.80. The molecule has 0 saturated heterocycles. The molecule has 0 bridgehead atoms. The highest BCUT2D eigenvalue weighted by atomic mass is 16.5. The molecule has 3 rings (SSSR count). The van der Waals surface area contributed by atoms with Crippen LogP contribution in [0.1, 0.15) is 16.1 Å². The van der Waals surface area contributed by atoms with Crippen LogP contribution in [0.15, 0.2) is 71.4 Å². The minimum atomic E-state index is -0.372. The number of methoxy groups -OCH3 is 2. The molecule has 0 spiro atoms. The number of ether oxygens (including phenoxy) is 2. The molecule has 0 aliphatic rings. The minimum absolute atomic E-state index is 0.288. The van der Waals surface area contributed by atoms with E-state index >= 15 is 0 Å². The van der Waals surface area contributed by atoms with Crippen LogP contribution in [0.3, 0.4) is 0 Å². The Morgan fingerprint density at radius 1 is 0.897 bits per heavy atom. The first-order valence-corrected chi connectivity index (χ1v) is 8.75. The summed E-state index contributed by atoms with van der Waals surface area (Å²) in [6, 6.07) is 15.4. The second kappa shape index (κ2) is 9.27. The molecule has 7 heteroatoms. The third-order valence-corrected chi connectivity index (χ3v) is 4.01. The highest BCUT2D eigenvalue weighted by molar-refractivity contribution is 6.06. The van der Waals surface area contributed by atoms with Crippen molar-refractivity contribution in [1.82, 2.24) is 0 Å². The Morgan fingerprint density at radius 3 is 2.14 bits per heavy atom. The van der Waals surface area contributed by atoms with E-state index in [-0.39, 0.29) is 11.8 Å². The van der Waals surface area contributed by atoms with Crippen LogP contribution in [0, 0.1) is 0 Å². The van der Waals surface area contributed by atoms with Crippen LogP contribution in [0.5, 0.6) is 11.5 Å². The predicted octanol–water partition coefficient (Wildman–Crippen LogP) is 4.20. The Morgan fingerprint density at radius 2 is 1.55 bits per heavy atom. The van der Waals surface area contributed by atoms with Gasteiger partial charge in [-0.3, -0.25) is 9.59 Å². The Kier molecular flexibility index (Phi) is 6.32. The number of benzene rings is 2. The van der Waals surface area contributed by atoms with E-state index in [0.29, 0.717) is 34.2 Å². The van der Waals surface area contributed by atoms with Crippen LogP contribution in [-0.2, 0) is 4.79 Å². The fraction of sp³-hybridized carbons (Fsp3) is 0.0909. The average Bonchev–Trinajstić information content (AvgIpc) is 3.27. The predicted molar refractivity (Wildman–Crippen MR) is 110 cm³/mol. The van der Waals surface area contributed by atoms with Gasteiger partial charge in [-0.05, 0) is 30.3 Å². The SMILES string of the molecule is COc1cc(NC(=O)c2ccccc2)c(OC)cc1NC(=O)C=Cc1ccco1. The third kappa shape index (κ3) is 5.04. The summed E-state index contributed by atoms with van der Waals surface area (Å²) in [6.45, 7) is 0. The molecule has 1 heterocycles. The number of rotatable bonds is 7. The molecule has 0 saturated carbocycles. The number of carbonyl (C=O) groups is 2. The third-order valence-electron chi connectivity index (χ3n) is 4.01. The first-order valence-electron chi connectivity index (χ1n) is 8.75. The second-order valence-corrected chi connectivity index (χ2v) is 5.91. The second-order valence-electron chi connectivity index (χ2n) is 5.91. The van der Waals surface area contributed by atoms with E-state index < -0.39 is 0 Å². The minimum Gasteiger partial charge on any atom is -0.494 e. The van der Waals surface area contributed by atoms with E-state index in [1.54, 1.807) is 54.6 Å². The molecule has 0 atom stereocenters. The number of hydrogen-bond donors (Lipinski definition) is 2. The van der Waals surface area contributed by atoms with Crippen molar-refractivity contribution in [2.45, 2.75) is 0 Å². The van der Waals surface area contributed by atoms with Gasteiger partial charge in [0.2, 0.25) is 5.91 Å². The summed E-state index contributed by atoms with van der Waals surface area (Å²) in [5.41, 5.74) is 1.33. The summed E-state index contributed by atoms with van der Waals surface area (Å²) < 4.78 is 15.9. The molecule has 0 unspecified atom stereocenters. The summed E-state index contributed by atoms with van der Waals surface area (Å²) in [5, 5.41) is 5.52. The quantitative estimate of drug-likeness (QED) is 0.588. The van der Waals surface area contributed by atoms with Crippen LogP contribution >= 0.6 is 0 Å². The topological polar surface area (TPSA) is 89.8 Å². The summed E-state index contributed by atoms with van der Waals surface area (Å²) in [6.07, 6.45) is 4.41. The van der Waals surface area contributed by atoms with Gasteiger partial charge in [0.15, 0.2) is 0 Å². The van der Waals surface area contributed by atoms with Crippen LogP contribution in [0.4, 0.5) is 11.4 Å². The van der Waals surface area contributed by atoms with Crippen molar-refractivity contribution in [3.05, 3.63) is 78.3 Å². The van der Waals surface area contributed by atoms with Gasteiger partial charge in [-0.2, -0.15) is 0 Å². The van der Waals surface area contributed by atoms with Gasteiger partial charge in [0, 0.05) is 23.8 Å². The maximum Gasteiger partial charge on any atom is 0.255 e. The lowest BCUT2D eigenvalue weighted by Crippen LogP contribution is -2.14. The molecule has 0 aliphatic carbocycles. The molecular formula is C22H20N2O5. The Hall–Kier alpha value is -4.00. The van der Waals surface area contributed by atoms with E-state index in [1.165, 1.54) is 26.6 Å². The lowest BCUT2D eigenvalue weighted by atomic mass is 10.2. The van der Waals surface area contributed by atoms with Crippen molar-refractivity contribution in [2.24, 2.45) is 0 Å². The lowest BCUT2D eigenvalue weighted by Gasteiger charge is -2.15. The van der Waals surface area contributed by atoms with E-state index in [0.717, 1.165) is 0 Å². The largest absolute Gasteiger partial charge is 0.494 e. The first kappa shape index (κ1) is 19.8. The summed E-state index contributed by atoms with van der Waals surface area (Å²) in [4.78, 5) is 24.7. The van der Waals surface area contributed by atoms with Gasteiger partial charge in [-0.25, -0.2) is 0 Å². The van der Waals surface area contributed by atoms with Gasteiger partial charge in [0.05, 0.1) is 31.9 Å². The number of nitrogens with one attached hydrogen (secondary N) is 2. The van der Waals surface area contributed by atoms with Crippen molar-refractivity contribution in [3.8, 4) is 11.5 Å². The molecule has 1 aromatic heterocycles. The van der Waals surface area contributed by atoms with E-state index in [9.17, 15) is 9.59 Å². The molecule has 0 radical (unpaired) electrons. The maximum absolute atomic E-state index is 12.4. The molecule has 2 aromatic carbocycles. The Bertz CT molecular complexity index is 1010. The number of carbonyl (C=O) groups excluding carboxylic acids is 2. The van der Waals surface area contributed by atoms with Crippen molar-refractivity contribution in [1.29, 1.82) is 0 Å². The average molecular weight is 392 g/mol. The molecule has 2 N–H and O–H groups in total. The monoisotopic (exact) mass is 392 g/mol. The normalized spacial score (nSPS) is 10.6. The lowest BCUT2D eigenvalue weighted by molar-refractivity contribution is -0.111. The van der Waals surface area contributed by atoms with Gasteiger partial charge in [-0.1, -0.05) is 18.2 Å². The van der Waals surface area contributed by atoms with Gasteiger partial charge >= 0.3 is 0 Å². The molecule has 29 heavy (non-hydrogen) atoms. The van der Waals surface area contributed by atoms with Crippen molar-refractivity contribution < 1.29 is 23.5 Å². The zero-order valence-corrected chi connectivity index (χ0v) is 16.0. The number of amides is 2. The zero-order chi connectivity index (χ0) is 20.6. The van der Waals surface area contributed by atoms with Crippen LogP contribution < -0.4 is 20.1 Å². The molecule has 3 aromatic rings. The molecule has 0 fully saturated rings. The van der Waals surface area contributed by atoms with Crippen molar-refractivity contribution >= 4 is 29.3 Å². The fourth-order valence-corrected chi connectivity index (χ4v) is 2.60. The van der Waals surface area contributed by atoms with Gasteiger partial charge < -0.3 is 24.5 Å². The smallest absolute Gasteiger partial charge is 0.255 e. The van der Waals surface area contributed by atoms with Crippen LogP contribution in [-0.4, -0.2) is 26.0 Å². The number of hydrogen-bond acceptors (Lipinski definition) is 5. The molecule has 0 aliphatic heterocycles. The van der Waals surface area contributed by atoms with Crippen molar-refractivity contribution in [3.63, 3.8) is 0 Å². The molecular weight excluding hydrogens is 372 g/mol. The van der Waals surface area contributed by atoms with Gasteiger partial charge in [0.1, 0.15) is 17.3 Å². The van der Waals surface area contributed by atoms with Gasteiger partial charge in [0.25, 0.3) is 5.91 Å². The highest BCUT2D eigenvalue weighted by Crippen LogP contribution is 2.36. The molecule has 148 valence electrons. The zero-order valence-electron chi connectivity index (χ0n) is 16.0. The highest BCUT2D eigenvalue weighted by Gasteiger charge is 2.15. The van der Waals surface area contributed by atoms with E-state index in [1.807, 2.05) is 6.07 Å². The van der Waals surface area contributed by atoms with E-state index in [4.69, 9.17) is 13.9 Å². The molecule has 2 amide bonds. The summed E-state index contributed by atoms with van der Waals surface area (Å²) >= 11 is 0. The first-order chi connectivity index (χ1) is 14.1. The standard InChI is InChI=1S/C22H20N2O5/c1-27-19-14-18(24-22(26)15-7-4-3-5-8-15)20(28-2)13-17(19)23-21(25)11-10-16-9-6-12-29-16/h3-14H,1-2H3,(H,23,25)(H,24,26). The fourth-order valence-electron chi connectivity index (χ4n) is 2.60. The number of furan rings is 1. The van der Waals surface area contributed by atoms with Crippen LogP contribution in [0.25, 0.3) is 6.08 Å². The maximum atomic E-state index is 12.4. The van der Waals surface area contributed by atoms with Crippen LogP contribution in [0.2, 0.25) is 0 Å². The van der Waals surface area contributed by atoms with Gasteiger partial charge in [-0.15, -0.1) is 0 Å². The van der Waals surface area contributed by atoms with Crippen molar-refractivity contribution in [2.75, 3.05) is 24.9 Å².